The van der Waals surface area contributed by atoms with Gasteiger partial charge in [0.2, 0.25) is 11.8 Å². The van der Waals surface area contributed by atoms with Crippen molar-refractivity contribution < 1.29 is 9.59 Å². The van der Waals surface area contributed by atoms with Gasteiger partial charge in [-0.3, -0.25) is 9.59 Å². The van der Waals surface area contributed by atoms with E-state index in [0.29, 0.717) is 23.1 Å². The van der Waals surface area contributed by atoms with E-state index in [-0.39, 0.29) is 17.9 Å². The molecule has 0 aromatic heterocycles. The van der Waals surface area contributed by atoms with Gasteiger partial charge in [-0.05, 0) is 43.5 Å². The summed E-state index contributed by atoms with van der Waals surface area (Å²) in [5.74, 6) is 0.829. The second-order valence-corrected chi connectivity index (χ2v) is 8.55. The Bertz CT molecular complexity index is 800. The predicted molar refractivity (Wildman–Crippen MR) is 122 cm³/mol. The van der Waals surface area contributed by atoms with Gasteiger partial charge in [0.1, 0.15) is 6.04 Å². The van der Waals surface area contributed by atoms with Gasteiger partial charge in [-0.25, -0.2) is 0 Å². The van der Waals surface area contributed by atoms with Crippen LogP contribution in [0.1, 0.15) is 38.3 Å². The molecule has 0 bridgehead atoms. The van der Waals surface area contributed by atoms with Gasteiger partial charge in [-0.15, -0.1) is 11.8 Å². The van der Waals surface area contributed by atoms with Crippen molar-refractivity contribution in [2.24, 2.45) is 0 Å². The van der Waals surface area contributed by atoms with Gasteiger partial charge in [0.05, 0.1) is 5.75 Å². The van der Waals surface area contributed by atoms with E-state index in [9.17, 15) is 9.59 Å². The zero-order chi connectivity index (χ0) is 21.2. The highest BCUT2D eigenvalue weighted by Crippen LogP contribution is 2.18. The van der Waals surface area contributed by atoms with Crippen LogP contribution in [0.4, 0.5) is 0 Å². The van der Waals surface area contributed by atoms with Crippen LogP contribution in [0.25, 0.3) is 0 Å². The number of carbonyl (C=O) groups excluding carboxylic acids is 2. The number of rotatable bonds is 10. The fourth-order valence-corrected chi connectivity index (χ4v) is 3.86. The molecule has 2 aromatic rings. The highest BCUT2D eigenvalue weighted by atomic mass is 35.5. The third-order valence-corrected chi connectivity index (χ3v) is 5.97. The second-order valence-electron chi connectivity index (χ2n) is 7.12. The molecule has 0 radical (unpaired) electrons. The topological polar surface area (TPSA) is 49.4 Å². The standard InChI is InChI=1S/C23H29ClN2O2S/c1-4-17(2)25-23(28)18(3)26(14-19-9-6-5-7-10-19)22(27)16-29-15-20-11-8-12-21(24)13-20/h5-13,17-18H,4,14-16H2,1-3H3,(H,25,28)/t17-,18+/m0/s1. The molecular weight excluding hydrogens is 404 g/mol. The molecule has 0 unspecified atom stereocenters. The van der Waals surface area contributed by atoms with Crippen LogP contribution in [-0.2, 0) is 21.9 Å². The molecule has 0 saturated heterocycles. The van der Waals surface area contributed by atoms with E-state index >= 15 is 0 Å². The van der Waals surface area contributed by atoms with Crippen LogP contribution in [0.15, 0.2) is 54.6 Å². The first-order valence-corrected chi connectivity index (χ1v) is 11.4. The maximum absolute atomic E-state index is 13.0. The lowest BCUT2D eigenvalue weighted by atomic mass is 10.1. The van der Waals surface area contributed by atoms with Gasteiger partial charge < -0.3 is 10.2 Å². The van der Waals surface area contributed by atoms with Crippen LogP contribution in [0, 0.1) is 0 Å². The van der Waals surface area contributed by atoms with E-state index in [4.69, 9.17) is 11.6 Å². The van der Waals surface area contributed by atoms with E-state index in [0.717, 1.165) is 17.5 Å². The summed E-state index contributed by atoms with van der Waals surface area (Å²) in [5.41, 5.74) is 2.08. The van der Waals surface area contributed by atoms with Crippen LogP contribution in [0.5, 0.6) is 0 Å². The summed E-state index contributed by atoms with van der Waals surface area (Å²) in [4.78, 5) is 27.3. The van der Waals surface area contributed by atoms with Crippen LogP contribution < -0.4 is 5.32 Å². The maximum atomic E-state index is 13.0. The summed E-state index contributed by atoms with van der Waals surface area (Å²) in [6.45, 7) is 6.19. The molecule has 0 spiro atoms. The highest BCUT2D eigenvalue weighted by molar-refractivity contribution is 7.99. The van der Waals surface area contributed by atoms with E-state index < -0.39 is 6.04 Å². The molecule has 0 fully saturated rings. The molecule has 2 amide bonds. The number of carbonyl (C=O) groups is 2. The van der Waals surface area contributed by atoms with E-state index in [1.165, 1.54) is 11.8 Å². The second kappa shape index (κ2) is 11.9. The lowest BCUT2D eigenvalue weighted by Gasteiger charge is -2.29. The number of benzene rings is 2. The summed E-state index contributed by atoms with van der Waals surface area (Å²) in [6, 6.07) is 16.9. The minimum Gasteiger partial charge on any atom is -0.352 e. The molecule has 2 atom stereocenters. The van der Waals surface area contributed by atoms with Crippen molar-refractivity contribution in [1.82, 2.24) is 10.2 Å². The quantitative estimate of drug-likeness (QED) is 0.580. The molecule has 0 aliphatic carbocycles. The Morgan fingerprint density at radius 2 is 1.76 bits per heavy atom. The third kappa shape index (κ3) is 7.75. The fraction of sp³-hybridized carbons (Fsp3) is 0.391. The first-order chi connectivity index (χ1) is 13.9. The van der Waals surface area contributed by atoms with Crippen LogP contribution >= 0.6 is 23.4 Å². The molecular formula is C23H29ClN2O2S. The first kappa shape index (κ1) is 23.3. The average molecular weight is 433 g/mol. The van der Waals surface area contributed by atoms with E-state index in [1.807, 2.05) is 68.4 Å². The number of nitrogens with one attached hydrogen (secondary N) is 1. The largest absolute Gasteiger partial charge is 0.352 e. The van der Waals surface area contributed by atoms with Crippen molar-refractivity contribution in [3.8, 4) is 0 Å². The molecule has 2 aromatic carbocycles. The Morgan fingerprint density at radius 3 is 2.41 bits per heavy atom. The number of hydrogen-bond donors (Lipinski definition) is 1. The van der Waals surface area contributed by atoms with Gasteiger partial charge in [-0.2, -0.15) is 0 Å². The first-order valence-electron chi connectivity index (χ1n) is 9.86. The summed E-state index contributed by atoms with van der Waals surface area (Å²) in [7, 11) is 0. The molecule has 1 N–H and O–H groups in total. The molecule has 4 nitrogen and oxygen atoms in total. The molecule has 0 aliphatic heterocycles. The van der Waals surface area contributed by atoms with E-state index in [1.54, 1.807) is 11.8 Å². The van der Waals surface area contributed by atoms with E-state index in [2.05, 4.69) is 5.32 Å². The SMILES string of the molecule is CC[C@H](C)NC(=O)[C@@H](C)N(Cc1ccccc1)C(=O)CSCc1cccc(Cl)c1. The lowest BCUT2D eigenvalue weighted by molar-refractivity contribution is -0.138. The number of halogens is 1. The van der Waals surface area contributed by atoms with Crippen LogP contribution in [0.3, 0.4) is 0 Å². The van der Waals surface area contributed by atoms with Crippen molar-refractivity contribution in [3.63, 3.8) is 0 Å². The summed E-state index contributed by atoms with van der Waals surface area (Å²) >= 11 is 7.56. The molecule has 29 heavy (non-hydrogen) atoms. The zero-order valence-corrected chi connectivity index (χ0v) is 18.8. The summed E-state index contributed by atoms with van der Waals surface area (Å²) in [5, 5.41) is 3.67. The smallest absolute Gasteiger partial charge is 0.242 e. The molecule has 0 heterocycles. The van der Waals surface area contributed by atoms with Gasteiger partial charge in [0, 0.05) is 23.4 Å². The van der Waals surface area contributed by atoms with Crippen molar-refractivity contribution in [2.45, 2.75) is 51.6 Å². The van der Waals surface area contributed by atoms with Gasteiger partial charge >= 0.3 is 0 Å². The fourth-order valence-electron chi connectivity index (χ4n) is 2.79. The third-order valence-electron chi connectivity index (χ3n) is 4.75. The summed E-state index contributed by atoms with van der Waals surface area (Å²) in [6.07, 6.45) is 0.848. The number of nitrogens with zero attached hydrogens (tertiary/aromatic N) is 1. The Kier molecular flexibility index (Phi) is 9.55. The molecule has 156 valence electrons. The Hall–Kier alpha value is -1.98. The van der Waals surface area contributed by atoms with Crippen molar-refractivity contribution >= 4 is 35.2 Å². The predicted octanol–water partition coefficient (Wildman–Crippen LogP) is 4.91. The zero-order valence-electron chi connectivity index (χ0n) is 17.2. The number of thioether (sulfide) groups is 1. The molecule has 0 saturated carbocycles. The Morgan fingerprint density at radius 1 is 1.07 bits per heavy atom. The maximum Gasteiger partial charge on any atom is 0.242 e. The Labute approximate surface area is 183 Å². The van der Waals surface area contributed by atoms with Crippen LogP contribution in [0.2, 0.25) is 5.02 Å². The molecule has 6 heteroatoms. The number of amides is 2. The molecule has 2 rings (SSSR count). The van der Waals surface area contributed by atoms with Crippen molar-refractivity contribution in [3.05, 3.63) is 70.7 Å². The monoisotopic (exact) mass is 432 g/mol. The van der Waals surface area contributed by atoms with Crippen molar-refractivity contribution in [1.29, 1.82) is 0 Å². The minimum absolute atomic E-state index is 0.0484. The Balaban J connectivity index is 2.04. The van der Waals surface area contributed by atoms with Crippen LogP contribution in [-0.4, -0.2) is 34.6 Å². The highest BCUT2D eigenvalue weighted by Gasteiger charge is 2.26. The number of hydrogen-bond acceptors (Lipinski definition) is 3. The summed E-state index contributed by atoms with van der Waals surface area (Å²) < 4.78 is 0. The normalized spacial score (nSPS) is 12.8. The van der Waals surface area contributed by atoms with Gasteiger partial charge in [-0.1, -0.05) is 61.0 Å². The average Bonchev–Trinajstić information content (AvgIpc) is 2.72. The molecule has 0 aliphatic rings. The van der Waals surface area contributed by atoms with Gasteiger partial charge in [0.15, 0.2) is 0 Å². The lowest BCUT2D eigenvalue weighted by Crippen LogP contribution is -2.50. The minimum atomic E-state index is -0.538. The van der Waals surface area contributed by atoms with Crippen molar-refractivity contribution in [2.75, 3.05) is 5.75 Å². The van der Waals surface area contributed by atoms with Gasteiger partial charge in [0.25, 0.3) is 0 Å².